The molecule has 1 aromatic carbocycles. The smallest absolute Gasteiger partial charge is 0.211 e. The minimum absolute atomic E-state index is 0.0835. The van der Waals surface area contributed by atoms with Crippen LogP contribution in [0.5, 0.6) is 0 Å². The zero-order valence-corrected chi connectivity index (χ0v) is 11.4. The van der Waals surface area contributed by atoms with E-state index >= 15 is 0 Å². The Hall–Kier alpha value is 0.267. The molecule has 0 aliphatic carbocycles. The summed E-state index contributed by atoms with van der Waals surface area (Å²) >= 11 is 18.2. The first kappa shape index (κ1) is 11.7. The summed E-state index contributed by atoms with van der Waals surface area (Å²) in [5, 5.41) is 0.859. The van der Waals surface area contributed by atoms with Gasteiger partial charge in [0.25, 0.3) is 0 Å². The van der Waals surface area contributed by atoms with Crippen molar-refractivity contribution in [1.82, 2.24) is 0 Å². The molecule has 0 spiro atoms. The fraction of sp³-hybridized carbons (Fsp3) is 0.400. The van der Waals surface area contributed by atoms with Gasteiger partial charge in [0.1, 0.15) is 5.56 Å². The molecule has 2 rings (SSSR count). The van der Waals surface area contributed by atoms with Crippen molar-refractivity contribution in [1.29, 1.82) is 0 Å². The molecule has 82 valence electrons. The van der Waals surface area contributed by atoms with Crippen LogP contribution in [0.1, 0.15) is 0 Å². The first-order valence-corrected chi connectivity index (χ1v) is 7.98. The summed E-state index contributed by atoms with van der Waals surface area (Å²) in [5.74, 6) is 0. The van der Waals surface area contributed by atoms with Gasteiger partial charge in [-0.15, -0.1) is 23.2 Å². The van der Waals surface area contributed by atoms with E-state index in [9.17, 15) is 0 Å². The van der Waals surface area contributed by atoms with Crippen LogP contribution in [0.4, 0.5) is 0 Å². The molecule has 15 heavy (non-hydrogen) atoms. The Kier molecular flexibility index (Phi) is 3.97. The number of hydrogen-bond donors (Lipinski definition) is 0. The first-order valence-electron chi connectivity index (χ1n) is 4.81. The molecule has 1 aromatic rings. The van der Waals surface area contributed by atoms with Gasteiger partial charge in [0.15, 0.2) is 0 Å². The lowest BCUT2D eigenvalue weighted by Gasteiger charge is -2.32. The van der Waals surface area contributed by atoms with E-state index in [1.165, 1.54) is 5.19 Å². The molecule has 0 N–H and O–H groups in total. The summed E-state index contributed by atoms with van der Waals surface area (Å²) in [6, 6.07) is 11.0. The summed E-state index contributed by atoms with van der Waals surface area (Å²) in [6.45, 7) is 0. The number of hydrogen-bond acceptors (Lipinski definition) is 1. The minimum atomic E-state index is -1.49. The fourth-order valence-corrected chi connectivity index (χ4v) is 5.72. The second-order valence-corrected chi connectivity index (χ2v) is 7.46. The third-order valence-corrected chi connectivity index (χ3v) is 7.27. The fourth-order valence-electron chi connectivity index (χ4n) is 1.67. The van der Waals surface area contributed by atoms with E-state index in [-0.39, 0.29) is 10.8 Å². The second-order valence-electron chi connectivity index (χ2n) is 3.58. The van der Waals surface area contributed by atoms with Crippen LogP contribution in [-0.4, -0.2) is 25.4 Å². The van der Waals surface area contributed by atoms with Crippen molar-refractivity contribution < 1.29 is 4.43 Å². The van der Waals surface area contributed by atoms with Gasteiger partial charge < -0.3 is 4.43 Å². The van der Waals surface area contributed by atoms with E-state index in [1.54, 1.807) is 0 Å². The highest BCUT2D eigenvalue weighted by atomic mass is 35.5. The van der Waals surface area contributed by atoms with E-state index in [1.807, 2.05) is 18.2 Å². The van der Waals surface area contributed by atoms with E-state index in [0.717, 1.165) is 6.04 Å². The standard InChI is InChI=1S/C10H11Cl3OSi/c11-8-6-15(14-10(13)9(8)12)7-4-2-1-3-5-7/h1-5,8-10,15H,6H2. The number of rotatable bonds is 1. The van der Waals surface area contributed by atoms with Crippen molar-refractivity contribution in [2.45, 2.75) is 22.4 Å². The van der Waals surface area contributed by atoms with Gasteiger partial charge in [-0.1, -0.05) is 41.9 Å². The van der Waals surface area contributed by atoms with Gasteiger partial charge in [0.05, 0.1) is 10.8 Å². The molecule has 4 unspecified atom stereocenters. The Morgan fingerprint density at radius 1 is 1.13 bits per heavy atom. The molecule has 0 saturated carbocycles. The van der Waals surface area contributed by atoms with E-state index in [2.05, 4.69) is 12.1 Å². The molecule has 0 amide bonds. The van der Waals surface area contributed by atoms with E-state index in [0.29, 0.717) is 0 Å². The van der Waals surface area contributed by atoms with Gasteiger partial charge in [-0.2, -0.15) is 0 Å². The molecule has 1 heterocycles. The van der Waals surface area contributed by atoms with Gasteiger partial charge in [-0.3, -0.25) is 0 Å². The normalized spacial score (nSPS) is 36.5. The molecule has 1 fully saturated rings. The maximum absolute atomic E-state index is 6.14. The molecule has 1 aliphatic rings. The third-order valence-electron chi connectivity index (χ3n) is 2.50. The number of alkyl halides is 3. The molecule has 4 atom stereocenters. The monoisotopic (exact) mass is 280 g/mol. The lowest BCUT2D eigenvalue weighted by atomic mass is 10.3. The Morgan fingerprint density at radius 3 is 2.40 bits per heavy atom. The predicted octanol–water partition coefficient (Wildman–Crippen LogP) is 2.43. The van der Waals surface area contributed by atoms with Crippen molar-refractivity contribution in [3.8, 4) is 0 Å². The van der Waals surface area contributed by atoms with E-state index < -0.39 is 14.6 Å². The van der Waals surface area contributed by atoms with Gasteiger partial charge in [-0.25, -0.2) is 0 Å². The van der Waals surface area contributed by atoms with Crippen LogP contribution in [-0.2, 0) is 4.43 Å². The van der Waals surface area contributed by atoms with Crippen molar-refractivity contribution in [2.24, 2.45) is 0 Å². The molecule has 1 aliphatic heterocycles. The molecule has 0 aromatic heterocycles. The third kappa shape index (κ3) is 2.69. The van der Waals surface area contributed by atoms with Gasteiger partial charge >= 0.3 is 0 Å². The van der Waals surface area contributed by atoms with Gasteiger partial charge in [0, 0.05) is 0 Å². The van der Waals surface area contributed by atoms with Crippen molar-refractivity contribution in [3.63, 3.8) is 0 Å². The zero-order chi connectivity index (χ0) is 10.8. The van der Waals surface area contributed by atoms with Crippen LogP contribution in [0.3, 0.4) is 0 Å². The largest absolute Gasteiger partial charge is 0.398 e. The summed E-state index contributed by atoms with van der Waals surface area (Å²) < 4.78 is 5.74. The van der Waals surface area contributed by atoms with Crippen molar-refractivity contribution >= 4 is 49.0 Å². The maximum atomic E-state index is 6.14. The van der Waals surface area contributed by atoms with Crippen LogP contribution in [0.15, 0.2) is 30.3 Å². The molecule has 0 bridgehead atoms. The highest BCUT2D eigenvalue weighted by Gasteiger charge is 2.36. The quantitative estimate of drug-likeness (QED) is 0.567. The topological polar surface area (TPSA) is 9.23 Å². The van der Waals surface area contributed by atoms with Crippen molar-refractivity contribution in [2.75, 3.05) is 0 Å². The average molecular weight is 282 g/mol. The maximum Gasteiger partial charge on any atom is 0.211 e. The zero-order valence-electron chi connectivity index (χ0n) is 7.95. The lowest BCUT2D eigenvalue weighted by Crippen LogP contribution is -2.48. The van der Waals surface area contributed by atoms with Crippen molar-refractivity contribution in [3.05, 3.63) is 30.3 Å². The Bertz CT molecular complexity index is 310. The molecule has 5 heteroatoms. The van der Waals surface area contributed by atoms with Gasteiger partial charge in [0.2, 0.25) is 9.04 Å². The summed E-state index contributed by atoms with van der Waals surface area (Å²) in [7, 11) is -1.49. The number of benzene rings is 1. The van der Waals surface area contributed by atoms with Gasteiger partial charge in [-0.05, 0) is 11.2 Å². The molecule has 1 saturated heterocycles. The van der Waals surface area contributed by atoms with Crippen LogP contribution in [0.2, 0.25) is 6.04 Å². The average Bonchev–Trinajstić information content (AvgIpc) is 2.26. The van der Waals surface area contributed by atoms with Crippen LogP contribution in [0, 0.1) is 0 Å². The molecular weight excluding hydrogens is 271 g/mol. The lowest BCUT2D eigenvalue weighted by molar-refractivity contribution is 0.260. The summed E-state index contributed by atoms with van der Waals surface area (Å²) in [4.78, 5) is 0. The highest BCUT2D eigenvalue weighted by molar-refractivity contribution is 6.69. The summed E-state index contributed by atoms with van der Waals surface area (Å²) in [5.41, 5.74) is -0.459. The second kappa shape index (κ2) is 5.06. The minimum Gasteiger partial charge on any atom is -0.398 e. The molecular formula is C10H11Cl3OSi. The first-order chi connectivity index (χ1) is 7.18. The Morgan fingerprint density at radius 2 is 1.80 bits per heavy atom. The van der Waals surface area contributed by atoms with E-state index in [4.69, 9.17) is 39.2 Å². The molecule has 1 nitrogen and oxygen atoms in total. The Labute approximate surface area is 106 Å². The SMILES string of the molecule is ClC1C[SiH](c2ccccc2)OC(Cl)C1Cl. The number of halogens is 3. The van der Waals surface area contributed by atoms with Crippen LogP contribution in [0.25, 0.3) is 0 Å². The Balaban J connectivity index is 2.13. The predicted molar refractivity (Wildman–Crippen MR) is 68.0 cm³/mol. The molecule has 0 radical (unpaired) electrons. The highest BCUT2D eigenvalue weighted by Crippen LogP contribution is 2.29. The van der Waals surface area contributed by atoms with Crippen LogP contribution < -0.4 is 5.19 Å². The summed E-state index contributed by atoms with van der Waals surface area (Å²) in [6.07, 6.45) is 0. The van der Waals surface area contributed by atoms with Crippen LogP contribution >= 0.6 is 34.8 Å².